The van der Waals surface area contributed by atoms with Crippen LogP contribution in [0, 0.1) is 6.92 Å². The Kier molecular flexibility index (Phi) is 4.44. The summed E-state index contributed by atoms with van der Waals surface area (Å²) >= 11 is 0. The topological polar surface area (TPSA) is 70.9 Å². The van der Waals surface area contributed by atoms with Gasteiger partial charge in [0.05, 0.1) is 18.1 Å². The van der Waals surface area contributed by atoms with Crippen LogP contribution in [-0.2, 0) is 20.0 Å². The number of aromatic nitrogens is 4. The van der Waals surface area contributed by atoms with Crippen LogP contribution in [0.5, 0.6) is 11.6 Å². The maximum absolute atomic E-state index is 5.95. The predicted octanol–water partition coefficient (Wildman–Crippen LogP) is 2.02. The van der Waals surface area contributed by atoms with Gasteiger partial charge in [0, 0.05) is 25.2 Å². The Hall–Kier alpha value is -1.82. The summed E-state index contributed by atoms with van der Waals surface area (Å²) in [5.41, 5.74) is 7.92. The van der Waals surface area contributed by atoms with E-state index < -0.39 is 0 Å². The molecule has 0 aliphatic carbocycles. The molecule has 0 aliphatic heterocycles. The molecule has 0 amide bonds. The molecule has 2 aromatic rings. The number of nitrogens with zero attached hydrogens (tertiary/aromatic N) is 4. The molecule has 0 spiro atoms. The third kappa shape index (κ3) is 3.19. The van der Waals surface area contributed by atoms with Gasteiger partial charge in [-0.3, -0.25) is 4.68 Å². The number of rotatable bonds is 6. The van der Waals surface area contributed by atoms with Crippen molar-refractivity contribution in [2.24, 2.45) is 12.8 Å². The molecule has 0 fully saturated rings. The van der Waals surface area contributed by atoms with Gasteiger partial charge in [-0.2, -0.15) is 10.2 Å². The zero-order chi connectivity index (χ0) is 14.7. The largest absolute Gasteiger partial charge is 0.436 e. The fraction of sp³-hybridized carbons (Fsp3) is 0.571. The molecule has 0 saturated heterocycles. The molecular weight excluding hydrogens is 254 g/mol. The fourth-order valence-corrected chi connectivity index (χ4v) is 2.23. The van der Waals surface area contributed by atoms with Crippen LogP contribution < -0.4 is 10.5 Å². The van der Waals surface area contributed by atoms with Gasteiger partial charge in [0.1, 0.15) is 0 Å². The van der Waals surface area contributed by atoms with Crippen LogP contribution in [0.3, 0.4) is 0 Å². The molecule has 2 heterocycles. The zero-order valence-electron chi connectivity index (χ0n) is 12.6. The summed E-state index contributed by atoms with van der Waals surface area (Å²) in [7, 11) is 1.88. The smallest absolute Gasteiger partial charge is 0.221 e. The average Bonchev–Trinajstić information content (AvgIpc) is 2.90. The first-order valence-corrected chi connectivity index (χ1v) is 6.99. The Balaban J connectivity index is 2.23. The molecule has 0 radical (unpaired) electrons. The lowest BCUT2D eigenvalue weighted by Gasteiger charge is -2.08. The second-order valence-electron chi connectivity index (χ2n) is 5.22. The van der Waals surface area contributed by atoms with Crippen LogP contribution in [0.4, 0.5) is 0 Å². The van der Waals surface area contributed by atoms with Gasteiger partial charge >= 0.3 is 0 Å². The van der Waals surface area contributed by atoms with Crippen LogP contribution in [0.1, 0.15) is 31.5 Å². The van der Waals surface area contributed by atoms with E-state index in [1.54, 1.807) is 10.9 Å². The highest BCUT2D eigenvalue weighted by Gasteiger charge is 2.17. The maximum atomic E-state index is 5.95. The van der Waals surface area contributed by atoms with E-state index in [0.717, 1.165) is 42.3 Å². The lowest BCUT2D eigenvalue weighted by Crippen LogP contribution is -2.18. The summed E-state index contributed by atoms with van der Waals surface area (Å²) in [4.78, 5) is 0. The summed E-state index contributed by atoms with van der Waals surface area (Å²) in [5.74, 6) is 1.48. The third-order valence-electron chi connectivity index (χ3n) is 3.09. The molecule has 0 bridgehead atoms. The Morgan fingerprint density at radius 3 is 2.85 bits per heavy atom. The van der Waals surface area contributed by atoms with Crippen LogP contribution >= 0.6 is 0 Å². The van der Waals surface area contributed by atoms with Gasteiger partial charge < -0.3 is 10.5 Å². The van der Waals surface area contributed by atoms with Crippen LogP contribution in [0.25, 0.3) is 0 Å². The minimum atomic E-state index is 0.0723. The maximum Gasteiger partial charge on any atom is 0.221 e. The monoisotopic (exact) mass is 277 g/mol. The summed E-state index contributed by atoms with van der Waals surface area (Å²) in [6, 6.07) is 0.0723. The third-order valence-corrected chi connectivity index (χ3v) is 3.09. The predicted molar refractivity (Wildman–Crippen MR) is 77.9 cm³/mol. The number of hydrogen-bond acceptors (Lipinski definition) is 4. The average molecular weight is 277 g/mol. The fourth-order valence-electron chi connectivity index (χ4n) is 2.23. The molecule has 1 atom stereocenters. The van der Waals surface area contributed by atoms with Crippen molar-refractivity contribution in [3.8, 4) is 11.6 Å². The van der Waals surface area contributed by atoms with Crippen LogP contribution in [0.2, 0.25) is 0 Å². The first kappa shape index (κ1) is 14.6. The second-order valence-corrected chi connectivity index (χ2v) is 5.22. The van der Waals surface area contributed by atoms with Gasteiger partial charge in [-0.25, -0.2) is 4.68 Å². The number of hydrogen-bond donors (Lipinski definition) is 1. The van der Waals surface area contributed by atoms with E-state index in [2.05, 4.69) is 17.1 Å². The number of nitrogens with two attached hydrogens (primary N) is 1. The standard InChI is InChI=1S/C14H23N5O/c1-5-6-19-9-12(8-16-19)20-14-13(7-10(2)15)11(3)17-18(14)4/h8-10H,5-7,15H2,1-4H3. The Morgan fingerprint density at radius 1 is 1.45 bits per heavy atom. The first-order chi connectivity index (χ1) is 9.51. The van der Waals surface area contributed by atoms with E-state index in [1.807, 2.05) is 31.8 Å². The van der Waals surface area contributed by atoms with Gasteiger partial charge in [-0.1, -0.05) is 6.92 Å². The highest BCUT2D eigenvalue weighted by molar-refractivity contribution is 5.35. The van der Waals surface area contributed by atoms with Crippen molar-refractivity contribution in [1.82, 2.24) is 19.6 Å². The molecule has 2 N–H and O–H groups in total. The van der Waals surface area contributed by atoms with Gasteiger partial charge in [-0.05, 0) is 26.7 Å². The number of aryl methyl sites for hydroxylation is 3. The second kappa shape index (κ2) is 6.09. The first-order valence-electron chi connectivity index (χ1n) is 6.99. The SMILES string of the molecule is CCCn1cc(Oc2c(CC(C)N)c(C)nn2C)cn1. The Morgan fingerprint density at radius 2 is 2.20 bits per heavy atom. The quantitative estimate of drug-likeness (QED) is 0.877. The van der Waals surface area contributed by atoms with Crippen molar-refractivity contribution in [3.63, 3.8) is 0 Å². The molecule has 6 heteroatoms. The van der Waals surface area contributed by atoms with Crippen LogP contribution in [-0.4, -0.2) is 25.6 Å². The van der Waals surface area contributed by atoms with E-state index in [0.29, 0.717) is 0 Å². The molecule has 20 heavy (non-hydrogen) atoms. The van der Waals surface area contributed by atoms with E-state index in [1.165, 1.54) is 0 Å². The zero-order valence-corrected chi connectivity index (χ0v) is 12.6. The van der Waals surface area contributed by atoms with Gasteiger partial charge in [0.2, 0.25) is 5.88 Å². The molecule has 1 unspecified atom stereocenters. The van der Waals surface area contributed by atoms with Crippen molar-refractivity contribution in [2.75, 3.05) is 0 Å². The van der Waals surface area contributed by atoms with Gasteiger partial charge in [0.25, 0.3) is 0 Å². The molecule has 0 saturated carbocycles. The summed E-state index contributed by atoms with van der Waals surface area (Å²) in [6.45, 7) is 6.97. The van der Waals surface area contributed by atoms with Crippen molar-refractivity contribution >= 4 is 0 Å². The molecule has 2 aromatic heterocycles. The van der Waals surface area contributed by atoms with Gasteiger partial charge in [0.15, 0.2) is 5.75 Å². The molecule has 0 aliphatic rings. The lowest BCUT2D eigenvalue weighted by molar-refractivity contribution is 0.423. The highest BCUT2D eigenvalue weighted by Crippen LogP contribution is 2.27. The van der Waals surface area contributed by atoms with Crippen molar-refractivity contribution < 1.29 is 4.74 Å². The van der Waals surface area contributed by atoms with Gasteiger partial charge in [-0.15, -0.1) is 0 Å². The molecule has 0 aromatic carbocycles. The molecule has 2 rings (SSSR count). The Labute approximate surface area is 119 Å². The minimum Gasteiger partial charge on any atom is -0.436 e. The van der Waals surface area contributed by atoms with E-state index in [9.17, 15) is 0 Å². The summed E-state index contributed by atoms with van der Waals surface area (Å²) < 4.78 is 9.58. The Bertz CT molecular complexity index is 570. The number of ether oxygens (including phenoxy) is 1. The van der Waals surface area contributed by atoms with Crippen molar-refractivity contribution in [1.29, 1.82) is 0 Å². The van der Waals surface area contributed by atoms with Crippen molar-refractivity contribution in [2.45, 2.75) is 46.2 Å². The van der Waals surface area contributed by atoms with Crippen LogP contribution in [0.15, 0.2) is 12.4 Å². The molecule has 6 nitrogen and oxygen atoms in total. The summed E-state index contributed by atoms with van der Waals surface area (Å²) in [6.07, 6.45) is 5.43. The van der Waals surface area contributed by atoms with Crippen molar-refractivity contribution in [3.05, 3.63) is 23.7 Å². The molecular formula is C14H23N5O. The minimum absolute atomic E-state index is 0.0723. The van der Waals surface area contributed by atoms with E-state index in [4.69, 9.17) is 10.5 Å². The highest BCUT2D eigenvalue weighted by atomic mass is 16.5. The van der Waals surface area contributed by atoms with E-state index >= 15 is 0 Å². The van der Waals surface area contributed by atoms with E-state index in [-0.39, 0.29) is 6.04 Å². The lowest BCUT2D eigenvalue weighted by atomic mass is 10.1. The molecule has 110 valence electrons. The normalized spacial score (nSPS) is 12.7. The summed E-state index contributed by atoms with van der Waals surface area (Å²) in [5, 5.41) is 8.68.